The molecular formula is C13H20N2O2. The van der Waals surface area contributed by atoms with Crippen LogP contribution in [0.5, 0.6) is 0 Å². The van der Waals surface area contributed by atoms with Crippen LogP contribution in [0.3, 0.4) is 0 Å². The first-order valence-corrected chi connectivity index (χ1v) is 6.39. The molecule has 1 aliphatic carbocycles. The van der Waals surface area contributed by atoms with E-state index < -0.39 is 0 Å². The molecule has 2 N–H and O–H groups in total. The summed E-state index contributed by atoms with van der Waals surface area (Å²) >= 11 is 0. The molecule has 2 rings (SSSR count). The van der Waals surface area contributed by atoms with Gasteiger partial charge in [-0.3, -0.25) is 4.79 Å². The van der Waals surface area contributed by atoms with E-state index in [1.807, 2.05) is 18.3 Å². The number of nitrogens with zero attached hydrogens (tertiary/aromatic N) is 1. The third-order valence-electron chi connectivity index (χ3n) is 3.35. The molecule has 1 heterocycles. The minimum absolute atomic E-state index is 0.000148. The number of hydrogen-bond donors (Lipinski definition) is 2. The van der Waals surface area contributed by atoms with Crippen molar-refractivity contribution < 1.29 is 9.90 Å². The van der Waals surface area contributed by atoms with Crippen molar-refractivity contribution in [3.8, 4) is 0 Å². The first kappa shape index (κ1) is 12.2. The first-order chi connectivity index (χ1) is 8.33. The molecule has 1 fully saturated rings. The lowest BCUT2D eigenvalue weighted by Gasteiger charge is -2.28. The highest BCUT2D eigenvalue weighted by molar-refractivity contribution is 5.92. The molecule has 17 heavy (non-hydrogen) atoms. The van der Waals surface area contributed by atoms with Crippen LogP contribution < -0.4 is 5.32 Å². The highest BCUT2D eigenvalue weighted by Crippen LogP contribution is 2.32. The summed E-state index contributed by atoms with van der Waals surface area (Å²) in [5, 5.41) is 11.5. The number of carbonyl (C=O) groups excluding carboxylic acids is 1. The van der Waals surface area contributed by atoms with Crippen LogP contribution in [0.25, 0.3) is 0 Å². The highest BCUT2D eigenvalue weighted by atomic mass is 16.2. The van der Waals surface area contributed by atoms with Crippen molar-refractivity contribution in [2.75, 3.05) is 13.2 Å². The van der Waals surface area contributed by atoms with Crippen LogP contribution in [-0.2, 0) is 0 Å². The number of amides is 1. The summed E-state index contributed by atoms with van der Waals surface area (Å²) in [6.45, 7) is 0.823. The Morgan fingerprint density at radius 2 is 2.29 bits per heavy atom. The minimum Gasteiger partial charge on any atom is -0.396 e. The second kappa shape index (κ2) is 5.87. The lowest BCUT2D eigenvalue weighted by atomic mass is 9.93. The Kier molecular flexibility index (Phi) is 4.20. The van der Waals surface area contributed by atoms with E-state index in [-0.39, 0.29) is 12.5 Å². The largest absolute Gasteiger partial charge is 0.396 e. The average Bonchev–Trinajstić information content (AvgIpc) is 2.70. The third kappa shape index (κ3) is 2.88. The second-order valence-corrected chi connectivity index (χ2v) is 4.57. The summed E-state index contributed by atoms with van der Waals surface area (Å²) in [4.78, 5) is 11.9. The molecule has 0 saturated heterocycles. The van der Waals surface area contributed by atoms with Gasteiger partial charge in [0.1, 0.15) is 5.69 Å². The van der Waals surface area contributed by atoms with Crippen LogP contribution in [-0.4, -0.2) is 28.7 Å². The zero-order valence-corrected chi connectivity index (χ0v) is 10.1. The summed E-state index contributed by atoms with van der Waals surface area (Å²) in [5.74, 6) is -0.000148. The van der Waals surface area contributed by atoms with Crippen molar-refractivity contribution in [2.24, 2.45) is 0 Å². The van der Waals surface area contributed by atoms with Crippen molar-refractivity contribution in [3.63, 3.8) is 0 Å². The van der Waals surface area contributed by atoms with Gasteiger partial charge in [0.2, 0.25) is 0 Å². The van der Waals surface area contributed by atoms with Crippen LogP contribution in [0.1, 0.15) is 48.6 Å². The second-order valence-electron chi connectivity index (χ2n) is 4.57. The molecule has 0 unspecified atom stereocenters. The van der Waals surface area contributed by atoms with Crippen molar-refractivity contribution in [3.05, 3.63) is 24.0 Å². The van der Waals surface area contributed by atoms with Crippen LogP contribution in [0.4, 0.5) is 0 Å². The van der Waals surface area contributed by atoms with Gasteiger partial charge in [-0.2, -0.15) is 0 Å². The van der Waals surface area contributed by atoms with E-state index in [4.69, 9.17) is 5.11 Å². The molecule has 1 aliphatic rings. The molecule has 0 atom stereocenters. The number of aliphatic hydroxyl groups is 1. The minimum atomic E-state index is -0.000148. The molecular weight excluding hydrogens is 216 g/mol. The first-order valence-electron chi connectivity index (χ1n) is 6.39. The van der Waals surface area contributed by atoms with Gasteiger partial charge in [0.05, 0.1) is 0 Å². The van der Waals surface area contributed by atoms with Crippen LogP contribution in [0.2, 0.25) is 0 Å². The van der Waals surface area contributed by atoms with Gasteiger partial charge in [0.15, 0.2) is 0 Å². The van der Waals surface area contributed by atoms with E-state index in [0.29, 0.717) is 12.6 Å². The molecule has 0 bridgehead atoms. The molecule has 1 saturated carbocycles. The maximum Gasteiger partial charge on any atom is 0.267 e. The fourth-order valence-corrected chi connectivity index (χ4v) is 2.10. The Hall–Kier alpha value is -1.29. The van der Waals surface area contributed by atoms with Crippen molar-refractivity contribution in [2.45, 2.75) is 38.1 Å². The Bertz CT molecular complexity index is 369. The molecule has 0 aliphatic heterocycles. The standard InChI is InChI=1S/C13H20N2O2/c16-10-2-1-8-14-13(17)12-7-4-9-15(12)11-5-3-6-11/h4,7,9,11,16H,1-3,5-6,8,10H2,(H,14,17). The predicted molar refractivity (Wildman–Crippen MR) is 66.0 cm³/mol. The lowest BCUT2D eigenvalue weighted by Crippen LogP contribution is -2.29. The van der Waals surface area contributed by atoms with E-state index >= 15 is 0 Å². The van der Waals surface area contributed by atoms with Gasteiger partial charge in [-0.15, -0.1) is 0 Å². The quantitative estimate of drug-likeness (QED) is 0.739. The fourth-order valence-electron chi connectivity index (χ4n) is 2.10. The third-order valence-corrected chi connectivity index (χ3v) is 3.35. The Balaban J connectivity index is 1.87. The van der Waals surface area contributed by atoms with E-state index in [9.17, 15) is 4.79 Å². The lowest BCUT2D eigenvalue weighted by molar-refractivity contribution is 0.0937. The summed E-state index contributed by atoms with van der Waals surface area (Å²) < 4.78 is 2.09. The van der Waals surface area contributed by atoms with Gasteiger partial charge in [-0.05, 0) is 44.2 Å². The molecule has 1 amide bonds. The monoisotopic (exact) mass is 236 g/mol. The SMILES string of the molecule is O=C(NCCCCO)c1cccn1C1CCC1. The van der Waals surface area contributed by atoms with Gasteiger partial charge in [-0.1, -0.05) is 0 Å². The van der Waals surface area contributed by atoms with Crippen molar-refractivity contribution in [1.82, 2.24) is 9.88 Å². The van der Waals surface area contributed by atoms with E-state index in [0.717, 1.165) is 18.5 Å². The maximum absolute atomic E-state index is 11.9. The maximum atomic E-state index is 11.9. The fraction of sp³-hybridized carbons (Fsp3) is 0.615. The van der Waals surface area contributed by atoms with Gasteiger partial charge in [0, 0.05) is 25.4 Å². The van der Waals surface area contributed by atoms with Crippen LogP contribution >= 0.6 is 0 Å². The van der Waals surface area contributed by atoms with Crippen LogP contribution in [0.15, 0.2) is 18.3 Å². The Labute approximate surface area is 102 Å². The summed E-state index contributed by atoms with van der Waals surface area (Å²) in [5.41, 5.74) is 0.763. The highest BCUT2D eigenvalue weighted by Gasteiger charge is 2.22. The normalized spacial score (nSPS) is 15.6. The summed E-state index contributed by atoms with van der Waals surface area (Å²) in [6, 6.07) is 4.32. The van der Waals surface area contributed by atoms with Gasteiger partial charge in [0.25, 0.3) is 5.91 Å². The molecule has 1 aromatic rings. The van der Waals surface area contributed by atoms with Crippen molar-refractivity contribution in [1.29, 1.82) is 0 Å². The van der Waals surface area contributed by atoms with Gasteiger partial charge >= 0.3 is 0 Å². The van der Waals surface area contributed by atoms with Gasteiger partial charge < -0.3 is 15.0 Å². The number of nitrogens with one attached hydrogen (secondary N) is 1. The summed E-state index contributed by atoms with van der Waals surface area (Å²) in [7, 11) is 0. The topological polar surface area (TPSA) is 54.3 Å². The van der Waals surface area contributed by atoms with Crippen LogP contribution in [0, 0.1) is 0 Å². The number of hydrogen-bond acceptors (Lipinski definition) is 2. The van der Waals surface area contributed by atoms with E-state index in [2.05, 4.69) is 9.88 Å². The molecule has 0 aromatic carbocycles. The van der Waals surface area contributed by atoms with E-state index in [1.54, 1.807) is 0 Å². The predicted octanol–water partition coefficient (Wildman–Crippen LogP) is 1.72. The number of rotatable bonds is 6. The van der Waals surface area contributed by atoms with E-state index in [1.165, 1.54) is 19.3 Å². The number of unbranched alkanes of at least 4 members (excludes halogenated alkanes) is 1. The molecule has 4 heteroatoms. The number of carbonyl (C=O) groups is 1. The number of aromatic nitrogens is 1. The Morgan fingerprint density at radius 1 is 1.47 bits per heavy atom. The molecule has 0 radical (unpaired) electrons. The smallest absolute Gasteiger partial charge is 0.267 e. The molecule has 1 aromatic heterocycles. The van der Waals surface area contributed by atoms with Crippen molar-refractivity contribution >= 4 is 5.91 Å². The Morgan fingerprint density at radius 3 is 2.94 bits per heavy atom. The summed E-state index contributed by atoms with van der Waals surface area (Å²) in [6.07, 6.45) is 7.18. The molecule has 94 valence electrons. The average molecular weight is 236 g/mol. The number of aliphatic hydroxyl groups excluding tert-OH is 1. The zero-order chi connectivity index (χ0) is 12.1. The van der Waals surface area contributed by atoms with Gasteiger partial charge in [-0.25, -0.2) is 0 Å². The molecule has 4 nitrogen and oxygen atoms in total. The molecule has 0 spiro atoms. The zero-order valence-electron chi connectivity index (χ0n) is 10.1.